The largest absolute Gasteiger partial charge is 0.507 e. The van der Waals surface area contributed by atoms with E-state index in [2.05, 4.69) is 26.5 Å². The second-order valence-electron chi connectivity index (χ2n) is 4.03. The van der Waals surface area contributed by atoms with Crippen LogP contribution in [-0.2, 0) is 0 Å². The van der Waals surface area contributed by atoms with Gasteiger partial charge >= 0.3 is 0 Å². The fourth-order valence-electron chi connectivity index (χ4n) is 1.53. The van der Waals surface area contributed by atoms with Gasteiger partial charge in [-0.05, 0) is 36.4 Å². The molecule has 0 fully saturated rings. The van der Waals surface area contributed by atoms with Gasteiger partial charge in [-0.2, -0.15) is 5.10 Å². The molecule has 2 aromatic rings. The highest BCUT2D eigenvalue weighted by atomic mass is 79.9. The molecule has 20 heavy (non-hydrogen) atoms. The summed E-state index contributed by atoms with van der Waals surface area (Å²) in [5.41, 5.74) is 9.38. The van der Waals surface area contributed by atoms with Gasteiger partial charge in [0.1, 0.15) is 5.75 Å². The lowest BCUT2D eigenvalue weighted by Gasteiger charge is -2.02. The van der Waals surface area contributed by atoms with Crippen LogP contribution in [0.2, 0.25) is 0 Å². The van der Waals surface area contributed by atoms with E-state index in [9.17, 15) is 9.90 Å². The van der Waals surface area contributed by atoms with Gasteiger partial charge in [-0.15, -0.1) is 0 Å². The minimum absolute atomic E-state index is 0.0788. The molecule has 102 valence electrons. The van der Waals surface area contributed by atoms with Gasteiger partial charge in [0.25, 0.3) is 5.91 Å². The highest BCUT2D eigenvalue weighted by molar-refractivity contribution is 9.10. The summed E-state index contributed by atoms with van der Waals surface area (Å²) in [6.45, 7) is 0. The van der Waals surface area contributed by atoms with E-state index in [-0.39, 0.29) is 11.7 Å². The Morgan fingerprint density at radius 2 is 2.10 bits per heavy atom. The number of nitrogens with zero attached hydrogens (tertiary/aromatic N) is 1. The molecular weight excluding hydrogens is 322 g/mol. The molecule has 2 aromatic carbocycles. The number of hydrogen-bond donors (Lipinski definition) is 3. The van der Waals surface area contributed by atoms with Crippen molar-refractivity contribution in [2.75, 3.05) is 5.73 Å². The molecule has 2 rings (SSSR count). The van der Waals surface area contributed by atoms with E-state index in [4.69, 9.17) is 5.73 Å². The van der Waals surface area contributed by atoms with Crippen molar-refractivity contribution in [3.8, 4) is 5.75 Å². The van der Waals surface area contributed by atoms with E-state index in [1.54, 1.807) is 36.4 Å². The molecule has 0 unspecified atom stereocenters. The van der Waals surface area contributed by atoms with E-state index in [1.165, 1.54) is 12.3 Å². The number of nitrogens with one attached hydrogen (secondary N) is 1. The second-order valence-corrected chi connectivity index (χ2v) is 4.94. The third-order valence-electron chi connectivity index (χ3n) is 2.51. The molecule has 0 aliphatic rings. The molecular formula is C14H12BrN3O2. The minimum atomic E-state index is -0.372. The van der Waals surface area contributed by atoms with Crippen LogP contribution in [0.15, 0.2) is 52.0 Å². The molecule has 0 aromatic heterocycles. The summed E-state index contributed by atoms with van der Waals surface area (Å²) in [7, 11) is 0. The summed E-state index contributed by atoms with van der Waals surface area (Å²) >= 11 is 3.29. The van der Waals surface area contributed by atoms with Crippen molar-refractivity contribution >= 4 is 33.7 Å². The van der Waals surface area contributed by atoms with Gasteiger partial charge in [-0.25, -0.2) is 5.43 Å². The summed E-state index contributed by atoms with van der Waals surface area (Å²) in [6.07, 6.45) is 1.37. The first kappa shape index (κ1) is 14.1. The molecule has 4 N–H and O–H groups in total. The van der Waals surface area contributed by atoms with Gasteiger partial charge < -0.3 is 10.8 Å². The number of rotatable bonds is 3. The maximum atomic E-state index is 11.8. The van der Waals surface area contributed by atoms with Crippen LogP contribution in [0.1, 0.15) is 15.9 Å². The zero-order valence-electron chi connectivity index (χ0n) is 10.4. The van der Waals surface area contributed by atoms with E-state index >= 15 is 0 Å². The summed E-state index contributed by atoms with van der Waals surface area (Å²) in [5, 5.41) is 13.4. The van der Waals surface area contributed by atoms with Crippen molar-refractivity contribution < 1.29 is 9.90 Å². The number of halogens is 1. The fraction of sp³-hybridized carbons (Fsp3) is 0. The van der Waals surface area contributed by atoms with Crippen molar-refractivity contribution in [3.63, 3.8) is 0 Å². The topological polar surface area (TPSA) is 87.7 Å². The number of phenolic OH excluding ortho intramolecular Hbond substituents is 1. The predicted molar refractivity (Wildman–Crippen MR) is 81.7 cm³/mol. The molecule has 0 heterocycles. The van der Waals surface area contributed by atoms with Gasteiger partial charge in [0.05, 0.1) is 6.21 Å². The van der Waals surface area contributed by atoms with E-state index in [0.29, 0.717) is 16.8 Å². The van der Waals surface area contributed by atoms with Gasteiger partial charge in [-0.1, -0.05) is 22.0 Å². The lowest BCUT2D eigenvalue weighted by molar-refractivity contribution is 0.0955. The van der Waals surface area contributed by atoms with Crippen molar-refractivity contribution in [3.05, 3.63) is 58.1 Å². The van der Waals surface area contributed by atoms with E-state index < -0.39 is 0 Å². The zero-order valence-corrected chi connectivity index (χ0v) is 12.0. The number of anilines is 1. The van der Waals surface area contributed by atoms with E-state index in [1.807, 2.05) is 0 Å². The maximum Gasteiger partial charge on any atom is 0.271 e. The number of carbonyl (C=O) groups is 1. The highest BCUT2D eigenvalue weighted by Crippen LogP contribution is 2.19. The molecule has 0 spiro atoms. The zero-order chi connectivity index (χ0) is 14.5. The van der Waals surface area contributed by atoms with Gasteiger partial charge in [0, 0.05) is 21.3 Å². The molecule has 5 nitrogen and oxygen atoms in total. The van der Waals surface area contributed by atoms with Crippen molar-refractivity contribution in [2.45, 2.75) is 0 Å². The van der Waals surface area contributed by atoms with Crippen molar-refractivity contribution in [1.29, 1.82) is 0 Å². The third-order valence-corrected chi connectivity index (χ3v) is 3.00. The molecule has 0 atom stereocenters. The van der Waals surface area contributed by atoms with Crippen molar-refractivity contribution in [2.24, 2.45) is 5.10 Å². The lowest BCUT2D eigenvalue weighted by atomic mass is 10.2. The number of aromatic hydroxyl groups is 1. The molecule has 0 radical (unpaired) electrons. The fourth-order valence-corrected chi connectivity index (χ4v) is 1.91. The third kappa shape index (κ3) is 3.58. The Morgan fingerprint density at radius 3 is 2.85 bits per heavy atom. The quantitative estimate of drug-likeness (QED) is 0.458. The Hall–Kier alpha value is -2.34. The molecule has 6 heteroatoms. The molecule has 0 saturated heterocycles. The van der Waals surface area contributed by atoms with Crippen LogP contribution in [0.3, 0.4) is 0 Å². The second kappa shape index (κ2) is 6.21. The molecule has 0 aliphatic heterocycles. The first-order valence-electron chi connectivity index (χ1n) is 5.74. The molecule has 0 bridgehead atoms. The average molecular weight is 334 g/mol. The SMILES string of the molecule is Nc1cccc(C(=O)N/N=C/c2cc(Br)ccc2O)c1. The Labute approximate surface area is 124 Å². The number of hydrogen-bond acceptors (Lipinski definition) is 4. The first-order valence-corrected chi connectivity index (χ1v) is 6.53. The molecule has 1 amide bonds. The van der Waals surface area contributed by atoms with Gasteiger partial charge in [0.2, 0.25) is 0 Å². The standard InChI is InChI=1S/C14H12BrN3O2/c15-11-4-5-13(19)10(6-11)8-17-18-14(20)9-2-1-3-12(16)7-9/h1-8,19H,16H2,(H,18,20)/b17-8+. The summed E-state index contributed by atoms with van der Waals surface area (Å²) in [5.74, 6) is -0.293. The normalized spacial score (nSPS) is 10.7. The number of nitrogen functional groups attached to an aromatic ring is 1. The Balaban J connectivity index is 2.06. The molecule has 0 saturated carbocycles. The number of nitrogens with two attached hydrogens (primary N) is 1. The average Bonchev–Trinajstić information content (AvgIpc) is 2.42. The Morgan fingerprint density at radius 1 is 1.30 bits per heavy atom. The van der Waals surface area contributed by atoms with Crippen molar-refractivity contribution in [1.82, 2.24) is 5.43 Å². The number of amides is 1. The van der Waals surface area contributed by atoms with Gasteiger partial charge in [0.15, 0.2) is 0 Å². The first-order chi connectivity index (χ1) is 9.56. The smallest absolute Gasteiger partial charge is 0.271 e. The van der Waals surface area contributed by atoms with Crippen LogP contribution >= 0.6 is 15.9 Å². The molecule has 0 aliphatic carbocycles. The van der Waals surface area contributed by atoms with Crippen LogP contribution < -0.4 is 11.2 Å². The Bertz CT molecular complexity index is 671. The van der Waals surface area contributed by atoms with Crippen LogP contribution in [-0.4, -0.2) is 17.2 Å². The van der Waals surface area contributed by atoms with E-state index in [0.717, 1.165) is 4.47 Å². The highest BCUT2D eigenvalue weighted by Gasteiger charge is 2.04. The number of benzene rings is 2. The predicted octanol–water partition coefficient (Wildman–Crippen LogP) is 2.50. The lowest BCUT2D eigenvalue weighted by Crippen LogP contribution is -2.17. The summed E-state index contributed by atoms with van der Waals surface area (Å²) in [6, 6.07) is 11.5. The monoisotopic (exact) mass is 333 g/mol. The summed E-state index contributed by atoms with van der Waals surface area (Å²) in [4.78, 5) is 11.8. The van der Waals surface area contributed by atoms with Gasteiger partial charge in [-0.3, -0.25) is 4.79 Å². The number of hydrazone groups is 1. The summed E-state index contributed by atoms with van der Waals surface area (Å²) < 4.78 is 0.805. The minimum Gasteiger partial charge on any atom is -0.507 e. The number of phenols is 1. The van der Waals surface area contributed by atoms with Crippen LogP contribution in [0.4, 0.5) is 5.69 Å². The maximum absolute atomic E-state index is 11.8. The van der Waals surface area contributed by atoms with Crippen LogP contribution in [0, 0.1) is 0 Å². The van der Waals surface area contributed by atoms with Crippen LogP contribution in [0.25, 0.3) is 0 Å². The van der Waals surface area contributed by atoms with Crippen LogP contribution in [0.5, 0.6) is 5.75 Å². The number of carbonyl (C=O) groups excluding carboxylic acids is 1. The Kier molecular flexibility index (Phi) is 4.37.